The van der Waals surface area contributed by atoms with Gasteiger partial charge in [-0.15, -0.1) is 10.2 Å². The van der Waals surface area contributed by atoms with E-state index < -0.39 is 0 Å². The summed E-state index contributed by atoms with van der Waals surface area (Å²) >= 11 is 2.33. The zero-order valence-corrected chi connectivity index (χ0v) is 11.5. The first kappa shape index (κ1) is 11.2. The first-order chi connectivity index (χ1) is 8.31. The molecule has 1 aromatic heterocycles. The summed E-state index contributed by atoms with van der Waals surface area (Å²) in [4.78, 5) is 2.41. The Morgan fingerprint density at radius 1 is 1.18 bits per heavy atom. The normalized spacial score (nSPS) is 15.8. The maximum Gasteiger partial charge on any atom is 0.147 e. The third-order valence-electron chi connectivity index (χ3n) is 3.04. The topological polar surface area (TPSA) is 34.0 Å². The number of hydrogen-bond donors (Lipinski definition) is 0. The molecule has 0 saturated carbocycles. The highest BCUT2D eigenvalue weighted by Crippen LogP contribution is 2.14. The minimum atomic E-state index is 0.895. The van der Waals surface area contributed by atoms with Gasteiger partial charge in [-0.3, -0.25) is 4.90 Å². The minimum Gasteiger partial charge on any atom is -0.315 e. The average molecular weight is 340 g/mol. The van der Waals surface area contributed by atoms with Crippen molar-refractivity contribution in [2.45, 2.75) is 19.6 Å². The molecule has 0 amide bonds. The first-order valence-electron chi connectivity index (χ1n) is 5.65. The highest BCUT2D eigenvalue weighted by Gasteiger charge is 2.17. The summed E-state index contributed by atoms with van der Waals surface area (Å²) in [6.45, 7) is 3.94. The number of nitrogens with zero attached hydrogens (tertiary/aromatic N) is 4. The zero-order chi connectivity index (χ0) is 11.7. The summed E-state index contributed by atoms with van der Waals surface area (Å²) in [5, 5.41) is 8.08. The maximum atomic E-state index is 4.13. The van der Waals surface area contributed by atoms with Crippen LogP contribution in [-0.4, -0.2) is 26.2 Å². The second kappa shape index (κ2) is 4.73. The third kappa shape index (κ3) is 2.50. The molecule has 2 heterocycles. The van der Waals surface area contributed by atoms with E-state index in [4.69, 9.17) is 0 Å². The van der Waals surface area contributed by atoms with Gasteiger partial charge in [-0.05, 0) is 40.3 Å². The Labute approximate surface area is 114 Å². The van der Waals surface area contributed by atoms with Gasteiger partial charge < -0.3 is 4.57 Å². The maximum absolute atomic E-state index is 4.13. The van der Waals surface area contributed by atoms with Crippen molar-refractivity contribution in [3.63, 3.8) is 0 Å². The van der Waals surface area contributed by atoms with E-state index in [2.05, 4.69) is 66.5 Å². The van der Waals surface area contributed by atoms with Crippen LogP contribution in [0.5, 0.6) is 0 Å². The quantitative estimate of drug-likeness (QED) is 0.783. The van der Waals surface area contributed by atoms with Gasteiger partial charge in [-0.1, -0.05) is 12.1 Å². The molecule has 1 aliphatic heterocycles. The molecule has 2 aromatic rings. The van der Waals surface area contributed by atoms with Crippen molar-refractivity contribution in [1.82, 2.24) is 19.7 Å². The molecule has 17 heavy (non-hydrogen) atoms. The molecule has 0 radical (unpaired) electrons. The molecule has 1 aliphatic rings. The Morgan fingerprint density at radius 2 is 2.00 bits per heavy atom. The lowest BCUT2D eigenvalue weighted by molar-refractivity contribution is 0.209. The number of hydrogen-bond acceptors (Lipinski definition) is 3. The van der Waals surface area contributed by atoms with Crippen LogP contribution in [0.1, 0.15) is 11.4 Å². The molecule has 0 atom stereocenters. The van der Waals surface area contributed by atoms with E-state index in [9.17, 15) is 0 Å². The van der Waals surface area contributed by atoms with Crippen molar-refractivity contribution in [1.29, 1.82) is 0 Å². The number of benzene rings is 1. The fourth-order valence-electron chi connectivity index (χ4n) is 2.10. The second-order valence-electron chi connectivity index (χ2n) is 4.28. The predicted molar refractivity (Wildman–Crippen MR) is 73.3 cm³/mol. The van der Waals surface area contributed by atoms with Crippen LogP contribution in [0, 0.1) is 3.57 Å². The molecule has 1 aromatic carbocycles. The summed E-state index contributed by atoms with van der Waals surface area (Å²) in [5.74, 6) is 1.07. The monoisotopic (exact) mass is 340 g/mol. The summed E-state index contributed by atoms with van der Waals surface area (Å²) in [6.07, 6.45) is 1.82. The molecule has 0 spiro atoms. The molecular weight excluding hydrogens is 327 g/mol. The summed E-state index contributed by atoms with van der Waals surface area (Å²) in [6, 6.07) is 8.70. The van der Waals surface area contributed by atoms with Crippen LogP contribution in [0.2, 0.25) is 0 Å². The standard InChI is InChI=1S/C12H13IN4/c13-11-3-1-10(2-4-11)7-16-5-6-17-9-14-15-12(17)8-16/h1-4,9H,5-8H2. The molecule has 0 aliphatic carbocycles. The van der Waals surface area contributed by atoms with Gasteiger partial charge in [0.2, 0.25) is 0 Å². The predicted octanol–water partition coefficient (Wildman–Crippen LogP) is 1.90. The van der Waals surface area contributed by atoms with Gasteiger partial charge in [-0.2, -0.15) is 0 Å². The molecular formula is C12H13IN4. The van der Waals surface area contributed by atoms with Gasteiger partial charge in [0.15, 0.2) is 0 Å². The van der Waals surface area contributed by atoms with Gasteiger partial charge in [0.05, 0.1) is 6.54 Å². The molecule has 3 rings (SSSR count). The first-order valence-corrected chi connectivity index (χ1v) is 6.72. The van der Waals surface area contributed by atoms with Gasteiger partial charge in [0.25, 0.3) is 0 Å². The van der Waals surface area contributed by atoms with E-state index in [1.807, 2.05) is 6.33 Å². The lowest BCUT2D eigenvalue weighted by Crippen LogP contribution is -2.33. The molecule has 4 nitrogen and oxygen atoms in total. The van der Waals surface area contributed by atoms with Crippen LogP contribution in [0.4, 0.5) is 0 Å². The molecule has 0 unspecified atom stereocenters. The SMILES string of the molecule is Ic1ccc(CN2CCn3cnnc3C2)cc1. The van der Waals surface area contributed by atoms with E-state index >= 15 is 0 Å². The minimum absolute atomic E-state index is 0.895. The molecule has 0 fully saturated rings. The van der Waals surface area contributed by atoms with Crippen molar-refractivity contribution in [3.05, 3.63) is 45.6 Å². The molecule has 5 heteroatoms. The largest absolute Gasteiger partial charge is 0.315 e. The van der Waals surface area contributed by atoms with Crippen molar-refractivity contribution in [3.8, 4) is 0 Å². The average Bonchev–Trinajstić information content (AvgIpc) is 2.79. The van der Waals surface area contributed by atoms with Crippen molar-refractivity contribution in [2.24, 2.45) is 0 Å². The van der Waals surface area contributed by atoms with Crippen LogP contribution in [0.3, 0.4) is 0 Å². The number of rotatable bonds is 2. The lowest BCUT2D eigenvalue weighted by atomic mass is 10.2. The van der Waals surface area contributed by atoms with Gasteiger partial charge in [-0.25, -0.2) is 0 Å². The summed E-state index contributed by atoms with van der Waals surface area (Å²) in [7, 11) is 0. The molecule has 0 bridgehead atoms. The summed E-state index contributed by atoms with van der Waals surface area (Å²) < 4.78 is 3.41. The van der Waals surface area contributed by atoms with Gasteiger partial charge in [0.1, 0.15) is 12.2 Å². The number of halogens is 1. The van der Waals surface area contributed by atoms with Crippen LogP contribution < -0.4 is 0 Å². The lowest BCUT2D eigenvalue weighted by Gasteiger charge is -2.26. The van der Waals surface area contributed by atoms with Crippen LogP contribution >= 0.6 is 22.6 Å². The van der Waals surface area contributed by atoms with Gasteiger partial charge >= 0.3 is 0 Å². The van der Waals surface area contributed by atoms with E-state index in [-0.39, 0.29) is 0 Å². The third-order valence-corrected chi connectivity index (χ3v) is 3.76. The Balaban J connectivity index is 1.69. The molecule has 0 N–H and O–H groups in total. The highest BCUT2D eigenvalue weighted by molar-refractivity contribution is 14.1. The van der Waals surface area contributed by atoms with Crippen molar-refractivity contribution < 1.29 is 0 Å². The van der Waals surface area contributed by atoms with Crippen LogP contribution in [0.15, 0.2) is 30.6 Å². The van der Waals surface area contributed by atoms with E-state index in [1.54, 1.807) is 0 Å². The molecule has 88 valence electrons. The van der Waals surface area contributed by atoms with E-state index in [0.717, 1.165) is 32.0 Å². The number of fused-ring (bicyclic) bond motifs is 1. The van der Waals surface area contributed by atoms with E-state index in [1.165, 1.54) is 9.13 Å². The zero-order valence-electron chi connectivity index (χ0n) is 9.38. The Bertz CT molecular complexity index is 505. The van der Waals surface area contributed by atoms with Gasteiger partial charge in [0, 0.05) is 23.2 Å². The van der Waals surface area contributed by atoms with Crippen LogP contribution in [0.25, 0.3) is 0 Å². The fraction of sp³-hybridized carbons (Fsp3) is 0.333. The Hall–Kier alpha value is -0.950. The summed E-state index contributed by atoms with van der Waals surface area (Å²) in [5.41, 5.74) is 1.36. The second-order valence-corrected chi connectivity index (χ2v) is 5.52. The Kier molecular flexibility index (Phi) is 3.11. The number of aromatic nitrogens is 3. The van der Waals surface area contributed by atoms with Crippen molar-refractivity contribution in [2.75, 3.05) is 6.54 Å². The highest BCUT2D eigenvalue weighted by atomic mass is 127. The van der Waals surface area contributed by atoms with E-state index in [0.29, 0.717) is 0 Å². The fourth-order valence-corrected chi connectivity index (χ4v) is 2.46. The van der Waals surface area contributed by atoms with Crippen molar-refractivity contribution >= 4 is 22.6 Å². The molecule has 0 saturated heterocycles. The van der Waals surface area contributed by atoms with Crippen LogP contribution in [-0.2, 0) is 19.6 Å². The smallest absolute Gasteiger partial charge is 0.147 e. The Morgan fingerprint density at radius 3 is 2.82 bits per heavy atom.